The molecule has 2 amide bonds. The van der Waals surface area contributed by atoms with E-state index in [4.69, 9.17) is 9.47 Å². The van der Waals surface area contributed by atoms with Gasteiger partial charge in [0, 0.05) is 12.5 Å². The zero-order chi connectivity index (χ0) is 11.5. The summed E-state index contributed by atoms with van der Waals surface area (Å²) in [7, 11) is 0. The fourth-order valence-electron chi connectivity index (χ4n) is 1.77. The van der Waals surface area contributed by atoms with Gasteiger partial charge >= 0.3 is 0 Å². The van der Waals surface area contributed by atoms with E-state index in [1.165, 1.54) is 0 Å². The van der Waals surface area contributed by atoms with E-state index in [-0.39, 0.29) is 31.5 Å². The van der Waals surface area contributed by atoms with E-state index in [0.29, 0.717) is 19.6 Å². The summed E-state index contributed by atoms with van der Waals surface area (Å²) < 4.78 is 9.84. The van der Waals surface area contributed by atoms with Crippen molar-refractivity contribution in [2.24, 2.45) is 5.92 Å². The highest BCUT2D eigenvalue weighted by atomic mass is 16.5. The van der Waals surface area contributed by atoms with Crippen molar-refractivity contribution in [3.8, 4) is 0 Å². The molecule has 0 radical (unpaired) electrons. The van der Waals surface area contributed by atoms with Crippen LogP contribution in [0.3, 0.4) is 0 Å². The van der Waals surface area contributed by atoms with Crippen molar-refractivity contribution >= 4 is 17.6 Å². The van der Waals surface area contributed by atoms with E-state index in [2.05, 4.69) is 0 Å². The van der Waals surface area contributed by atoms with Crippen molar-refractivity contribution in [3.05, 3.63) is 0 Å². The van der Waals surface area contributed by atoms with Gasteiger partial charge in [-0.3, -0.25) is 19.3 Å². The molecular formula is C10H13NO5. The topological polar surface area (TPSA) is 72.9 Å². The lowest BCUT2D eigenvalue weighted by molar-refractivity contribution is -0.160. The zero-order valence-corrected chi connectivity index (χ0v) is 8.81. The molecule has 0 aromatic rings. The Balaban J connectivity index is 1.94. The summed E-state index contributed by atoms with van der Waals surface area (Å²) >= 11 is 0. The van der Waals surface area contributed by atoms with Crippen molar-refractivity contribution < 1.29 is 23.9 Å². The molecule has 2 aliphatic rings. The Morgan fingerprint density at radius 2 is 1.94 bits per heavy atom. The number of hydrogen-bond donors (Lipinski definition) is 0. The molecule has 0 saturated carbocycles. The van der Waals surface area contributed by atoms with Crippen LogP contribution in [0.4, 0.5) is 0 Å². The van der Waals surface area contributed by atoms with Crippen LogP contribution in [0.25, 0.3) is 0 Å². The number of imide groups is 1. The highest BCUT2D eigenvalue weighted by Crippen LogP contribution is 2.14. The molecule has 2 fully saturated rings. The van der Waals surface area contributed by atoms with Crippen molar-refractivity contribution in [1.29, 1.82) is 0 Å². The van der Waals surface area contributed by atoms with Crippen LogP contribution in [0, 0.1) is 5.92 Å². The summed E-state index contributed by atoms with van der Waals surface area (Å²) in [5.74, 6) is -1.17. The highest BCUT2D eigenvalue weighted by molar-refractivity contribution is 6.02. The maximum atomic E-state index is 11.7. The van der Waals surface area contributed by atoms with Crippen molar-refractivity contribution in [1.82, 2.24) is 4.90 Å². The number of rotatable bonds is 3. The third-order valence-corrected chi connectivity index (χ3v) is 2.75. The van der Waals surface area contributed by atoms with Gasteiger partial charge in [0.05, 0.1) is 13.2 Å². The highest BCUT2D eigenvalue weighted by Gasteiger charge is 2.32. The second kappa shape index (κ2) is 4.71. The predicted molar refractivity (Wildman–Crippen MR) is 51.5 cm³/mol. The second-order valence-electron chi connectivity index (χ2n) is 3.89. The molecule has 16 heavy (non-hydrogen) atoms. The number of amides is 2. The molecule has 0 aromatic heterocycles. The molecule has 0 N–H and O–H groups in total. The Kier molecular flexibility index (Phi) is 3.31. The van der Waals surface area contributed by atoms with Gasteiger partial charge in [-0.05, 0) is 6.42 Å². The Morgan fingerprint density at radius 1 is 1.25 bits per heavy atom. The molecule has 1 atom stereocenters. The SMILES string of the molecule is O=C(CN1C(=O)COCC1=O)C1CCOC1. The van der Waals surface area contributed by atoms with E-state index in [1.54, 1.807) is 0 Å². The summed E-state index contributed by atoms with van der Waals surface area (Å²) in [6, 6.07) is 0. The fraction of sp³-hybridized carbons (Fsp3) is 0.700. The minimum absolute atomic E-state index is 0.110. The smallest absolute Gasteiger partial charge is 0.255 e. The molecule has 0 spiro atoms. The summed E-state index contributed by atoms with van der Waals surface area (Å²) in [5, 5.41) is 0. The molecular weight excluding hydrogens is 214 g/mol. The lowest BCUT2D eigenvalue weighted by Gasteiger charge is -2.24. The molecule has 2 aliphatic heterocycles. The quantitative estimate of drug-likeness (QED) is 0.577. The Labute approximate surface area is 92.5 Å². The molecule has 2 rings (SSSR count). The third kappa shape index (κ3) is 2.28. The zero-order valence-electron chi connectivity index (χ0n) is 8.81. The molecule has 6 heteroatoms. The van der Waals surface area contributed by atoms with Crippen LogP contribution in [0.2, 0.25) is 0 Å². The minimum atomic E-state index is -0.441. The molecule has 88 valence electrons. The number of carbonyl (C=O) groups excluding carboxylic acids is 3. The van der Waals surface area contributed by atoms with Gasteiger partial charge in [0.2, 0.25) is 0 Å². The summed E-state index contributed by atoms with van der Waals surface area (Å²) in [5.41, 5.74) is 0. The normalized spacial score (nSPS) is 26.2. The van der Waals surface area contributed by atoms with Crippen molar-refractivity contribution in [3.63, 3.8) is 0 Å². The van der Waals surface area contributed by atoms with Crippen LogP contribution in [-0.2, 0) is 23.9 Å². The number of ketones is 1. The van der Waals surface area contributed by atoms with Gasteiger partial charge in [-0.1, -0.05) is 0 Å². The first kappa shape index (κ1) is 11.2. The van der Waals surface area contributed by atoms with Gasteiger partial charge in [-0.15, -0.1) is 0 Å². The number of carbonyl (C=O) groups is 3. The summed E-state index contributed by atoms with van der Waals surface area (Å²) in [4.78, 5) is 35.4. The average Bonchev–Trinajstić information content (AvgIpc) is 2.76. The van der Waals surface area contributed by atoms with Gasteiger partial charge in [-0.25, -0.2) is 0 Å². The molecule has 6 nitrogen and oxygen atoms in total. The predicted octanol–water partition coefficient (Wildman–Crippen LogP) is -1.02. The fourth-order valence-corrected chi connectivity index (χ4v) is 1.77. The Bertz CT molecular complexity index is 305. The van der Waals surface area contributed by atoms with Gasteiger partial charge in [-0.2, -0.15) is 0 Å². The summed E-state index contributed by atoms with van der Waals surface area (Å²) in [6.45, 7) is 0.572. The molecule has 1 unspecified atom stereocenters. The van der Waals surface area contributed by atoms with E-state index < -0.39 is 11.8 Å². The molecule has 2 heterocycles. The number of hydrogen-bond acceptors (Lipinski definition) is 5. The van der Waals surface area contributed by atoms with Crippen LogP contribution in [0.5, 0.6) is 0 Å². The minimum Gasteiger partial charge on any atom is -0.381 e. The largest absolute Gasteiger partial charge is 0.381 e. The molecule has 0 aromatic carbocycles. The Hall–Kier alpha value is -1.27. The molecule has 0 bridgehead atoms. The maximum Gasteiger partial charge on any atom is 0.255 e. The first-order valence-corrected chi connectivity index (χ1v) is 5.20. The van der Waals surface area contributed by atoms with Crippen molar-refractivity contribution in [2.75, 3.05) is 33.0 Å². The monoisotopic (exact) mass is 227 g/mol. The van der Waals surface area contributed by atoms with Gasteiger partial charge in [0.25, 0.3) is 11.8 Å². The van der Waals surface area contributed by atoms with E-state index in [1.807, 2.05) is 0 Å². The van der Waals surface area contributed by atoms with Crippen LogP contribution in [0.15, 0.2) is 0 Å². The van der Waals surface area contributed by atoms with Crippen LogP contribution < -0.4 is 0 Å². The third-order valence-electron chi connectivity index (χ3n) is 2.75. The number of ether oxygens (including phenoxy) is 2. The van der Waals surface area contributed by atoms with E-state index in [9.17, 15) is 14.4 Å². The number of morpholine rings is 1. The molecule has 2 saturated heterocycles. The lowest BCUT2D eigenvalue weighted by atomic mass is 10.0. The standard InChI is InChI=1S/C10H13NO5/c12-8(7-1-2-15-4-7)3-11-9(13)5-16-6-10(11)14/h7H,1-6H2. The lowest BCUT2D eigenvalue weighted by Crippen LogP contribution is -2.49. The van der Waals surface area contributed by atoms with Gasteiger partial charge < -0.3 is 9.47 Å². The Morgan fingerprint density at radius 3 is 2.50 bits per heavy atom. The second-order valence-corrected chi connectivity index (χ2v) is 3.89. The van der Waals surface area contributed by atoms with Gasteiger partial charge in [0.15, 0.2) is 5.78 Å². The average molecular weight is 227 g/mol. The molecule has 0 aliphatic carbocycles. The van der Waals surface area contributed by atoms with Crippen LogP contribution in [0.1, 0.15) is 6.42 Å². The van der Waals surface area contributed by atoms with Gasteiger partial charge in [0.1, 0.15) is 13.2 Å². The number of nitrogens with zero attached hydrogens (tertiary/aromatic N) is 1. The first-order chi connectivity index (χ1) is 7.68. The van der Waals surface area contributed by atoms with Crippen molar-refractivity contribution in [2.45, 2.75) is 6.42 Å². The summed E-state index contributed by atoms with van der Waals surface area (Å²) in [6.07, 6.45) is 0.672. The van der Waals surface area contributed by atoms with Crippen LogP contribution in [-0.4, -0.2) is 55.5 Å². The maximum absolute atomic E-state index is 11.7. The first-order valence-electron chi connectivity index (χ1n) is 5.20. The number of Topliss-reactive ketones (excluding diaryl/α,β-unsaturated/α-hetero) is 1. The van der Waals surface area contributed by atoms with E-state index >= 15 is 0 Å². The van der Waals surface area contributed by atoms with Crippen LogP contribution >= 0.6 is 0 Å². The van der Waals surface area contributed by atoms with E-state index in [0.717, 1.165) is 4.90 Å².